The molecule has 1 atom stereocenters. The van der Waals surface area contributed by atoms with E-state index in [1.54, 1.807) is 10.9 Å². The van der Waals surface area contributed by atoms with Crippen molar-refractivity contribution in [3.05, 3.63) is 46.8 Å². The van der Waals surface area contributed by atoms with E-state index in [1.807, 2.05) is 46.9 Å². The highest BCUT2D eigenvalue weighted by molar-refractivity contribution is 6.05. The minimum absolute atomic E-state index is 0.0449. The molecule has 0 aliphatic carbocycles. The molecule has 2 heterocycles. The van der Waals surface area contributed by atoms with Crippen LogP contribution in [0.4, 0.5) is 5.69 Å². The molecule has 0 spiro atoms. The van der Waals surface area contributed by atoms with Gasteiger partial charge in [0, 0.05) is 24.5 Å². The number of aromatic nitrogens is 2. The molecule has 0 saturated carbocycles. The van der Waals surface area contributed by atoms with Crippen molar-refractivity contribution < 1.29 is 9.53 Å². The molecule has 2 aromatic rings. The van der Waals surface area contributed by atoms with Crippen LogP contribution in [0.3, 0.4) is 0 Å². The van der Waals surface area contributed by atoms with Gasteiger partial charge in [-0.3, -0.25) is 9.48 Å². The lowest BCUT2D eigenvalue weighted by atomic mass is 9.93. The van der Waals surface area contributed by atoms with Crippen LogP contribution in [-0.2, 0) is 17.4 Å². The molecule has 1 N–H and O–H groups in total. The maximum atomic E-state index is 12.5. The first kappa shape index (κ1) is 14.8. The molecule has 22 heavy (non-hydrogen) atoms. The number of benzene rings is 1. The van der Waals surface area contributed by atoms with Gasteiger partial charge in [0.15, 0.2) is 0 Å². The maximum Gasteiger partial charge on any atom is 0.259 e. The summed E-state index contributed by atoms with van der Waals surface area (Å²) in [6.45, 7) is 7.94. The number of hydrogen-bond donors (Lipinski definition) is 1. The average molecular weight is 299 g/mol. The zero-order valence-electron chi connectivity index (χ0n) is 13.6. The van der Waals surface area contributed by atoms with E-state index in [0.717, 1.165) is 22.5 Å². The van der Waals surface area contributed by atoms with Gasteiger partial charge >= 0.3 is 0 Å². The van der Waals surface area contributed by atoms with Gasteiger partial charge in [0.2, 0.25) is 0 Å². The highest BCUT2D eigenvalue weighted by Gasteiger charge is 2.37. The third-order valence-electron chi connectivity index (χ3n) is 4.14. The van der Waals surface area contributed by atoms with Crippen LogP contribution in [0.2, 0.25) is 0 Å². The molecule has 1 aliphatic rings. The number of anilines is 1. The number of carbonyl (C=O) groups excluding carboxylic acids is 1. The van der Waals surface area contributed by atoms with Gasteiger partial charge in [-0.25, -0.2) is 0 Å². The number of aryl methyl sites for hydroxylation is 2. The van der Waals surface area contributed by atoms with Gasteiger partial charge in [-0.2, -0.15) is 5.10 Å². The monoisotopic (exact) mass is 299 g/mol. The second-order valence-electron chi connectivity index (χ2n) is 6.29. The molecule has 0 radical (unpaired) electrons. The van der Waals surface area contributed by atoms with E-state index >= 15 is 0 Å². The summed E-state index contributed by atoms with van der Waals surface area (Å²) in [6, 6.07) is 5.93. The third kappa shape index (κ3) is 2.31. The lowest BCUT2D eigenvalue weighted by molar-refractivity contribution is -0.0433. The smallest absolute Gasteiger partial charge is 0.259 e. The summed E-state index contributed by atoms with van der Waals surface area (Å²) in [7, 11) is 1.81. The summed E-state index contributed by atoms with van der Waals surface area (Å²) in [6.07, 6.45) is 1.69. The first-order chi connectivity index (χ1) is 10.3. The van der Waals surface area contributed by atoms with Gasteiger partial charge < -0.3 is 10.1 Å². The fourth-order valence-electron chi connectivity index (χ4n) is 3.21. The standard InChI is InChI=1S/C17H21N3O2/c1-10-12(9-20(5)19-10)16(21)18-14-8-6-7-13-15(14)11(2)22-17(13,3)4/h6-9,11H,1-5H3,(H,18,21). The second kappa shape index (κ2) is 4.95. The normalized spacial score (nSPS) is 19.0. The predicted octanol–water partition coefficient (Wildman–Crippen LogP) is 3.31. The van der Waals surface area contributed by atoms with Crippen LogP contribution in [0.25, 0.3) is 0 Å². The lowest BCUT2D eigenvalue weighted by Gasteiger charge is -2.19. The SMILES string of the molecule is Cc1nn(C)cc1C(=O)Nc1cccc2c1C(C)OC2(C)C. The first-order valence-electron chi connectivity index (χ1n) is 7.42. The lowest BCUT2D eigenvalue weighted by Crippen LogP contribution is -2.16. The van der Waals surface area contributed by atoms with Crippen LogP contribution in [-0.4, -0.2) is 15.7 Å². The highest BCUT2D eigenvalue weighted by Crippen LogP contribution is 2.46. The molecule has 116 valence electrons. The van der Waals surface area contributed by atoms with Crippen LogP contribution >= 0.6 is 0 Å². The van der Waals surface area contributed by atoms with Crippen LogP contribution in [0.5, 0.6) is 0 Å². The summed E-state index contributed by atoms with van der Waals surface area (Å²) in [5.74, 6) is -0.143. The predicted molar refractivity (Wildman–Crippen MR) is 84.9 cm³/mol. The minimum atomic E-state index is -0.334. The number of carbonyl (C=O) groups is 1. The van der Waals surface area contributed by atoms with Gasteiger partial charge in [0.05, 0.1) is 23.0 Å². The summed E-state index contributed by atoms with van der Waals surface area (Å²) < 4.78 is 7.65. The van der Waals surface area contributed by atoms with Crippen molar-refractivity contribution in [2.75, 3.05) is 5.32 Å². The molecule has 1 amide bonds. The fraction of sp³-hybridized carbons (Fsp3) is 0.412. The zero-order valence-corrected chi connectivity index (χ0v) is 13.6. The van der Waals surface area contributed by atoms with Crippen molar-refractivity contribution in [3.8, 4) is 0 Å². The molecule has 1 aromatic carbocycles. The van der Waals surface area contributed by atoms with E-state index in [9.17, 15) is 4.79 Å². The molecule has 1 aliphatic heterocycles. The summed E-state index contributed by atoms with van der Waals surface area (Å²) in [5.41, 5.74) is 3.97. The number of rotatable bonds is 2. The molecule has 1 unspecified atom stereocenters. The van der Waals surface area contributed by atoms with Gasteiger partial charge in [-0.1, -0.05) is 12.1 Å². The maximum absolute atomic E-state index is 12.5. The van der Waals surface area contributed by atoms with E-state index in [4.69, 9.17) is 4.74 Å². The van der Waals surface area contributed by atoms with Crippen LogP contribution < -0.4 is 5.32 Å². The van der Waals surface area contributed by atoms with Gasteiger partial charge in [0.1, 0.15) is 0 Å². The highest BCUT2D eigenvalue weighted by atomic mass is 16.5. The number of amides is 1. The first-order valence-corrected chi connectivity index (χ1v) is 7.42. The van der Waals surface area contributed by atoms with Crippen molar-refractivity contribution in [2.45, 2.75) is 39.4 Å². The molecular weight excluding hydrogens is 278 g/mol. The Morgan fingerprint density at radius 3 is 2.77 bits per heavy atom. The Hall–Kier alpha value is -2.14. The molecule has 1 aromatic heterocycles. The Morgan fingerprint density at radius 2 is 2.14 bits per heavy atom. The van der Waals surface area contributed by atoms with Crippen molar-refractivity contribution in [3.63, 3.8) is 0 Å². The summed E-state index contributed by atoms with van der Waals surface area (Å²) in [5, 5.41) is 7.22. The van der Waals surface area contributed by atoms with Crippen LogP contribution in [0.1, 0.15) is 54.1 Å². The largest absolute Gasteiger partial charge is 0.363 e. The number of nitrogens with zero attached hydrogens (tertiary/aromatic N) is 2. The van der Waals surface area contributed by atoms with Crippen molar-refractivity contribution in [1.29, 1.82) is 0 Å². The molecule has 5 nitrogen and oxygen atoms in total. The number of fused-ring (bicyclic) bond motifs is 1. The second-order valence-corrected chi connectivity index (χ2v) is 6.29. The van der Waals surface area contributed by atoms with Gasteiger partial charge in [-0.05, 0) is 39.3 Å². The summed E-state index contributed by atoms with van der Waals surface area (Å²) >= 11 is 0. The van der Waals surface area contributed by atoms with E-state index in [-0.39, 0.29) is 17.6 Å². The Morgan fingerprint density at radius 1 is 1.41 bits per heavy atom. The number of nitrogens with one attached hydrogen (secondary N) is 1. The van der Waals surface area contributed by atoms with Crippen LogP contribution in [0.15, 0.2) is 24.4 Å². The Labute approximate surface area is 130 Å². The average Bonchev–Trinajstić information content (AvgIpc) is 2.87. The van der Waals surface area contributed by atoms with E-state index in [1.165, 1.54) is 0 Å². The Balaban J connectivity index is 1.96. The number of hydrogen-bond acceptors (Lipinski definition) is 3. The fourth-order valence-corrected chi connectivity index (χ4v) is 3.21. The molecule has 3 rings (SSSR count). The van der Waals surface area contributed by atoms with Gasteiger partial charge in [-0.15, -0.1) is 0 Å². The van der Waals surface area contributed by atoms with Crippen molar-refractivity contribution >= 4 is 11.6 Å². The number of ether oxygens (including phenoxy) is 1. The summed E-state index contributed by atoms with van der Waals surface area (Å²) in [4.78, 5) is 12.5. The molecule has 5 heteroatoms. The van der Waals surface area contributed by atoms with E-state index in [2.05, 4.69) is 16.5 Å². The molecule has 0 saturated heterocycles. The van der Waals surface area contributed by atoms with Crippen LogP contribution in [0, 0.1) is 6.92 Å². The molecular formula is C17H21N3O2. The third-order valence-corrected chi connectivity index (χ3v) is 4.14. The van der Waals surface area contributed by atoms with Crippen molar-refractivity contribution in [1.82, 2.24) is 9.78 Å². The molecule has 0 bridgehead atoms. The topological polar surface area (TPSA) is 56.2 Å². The molecule has 0 fully saturated rings. The van der Waals surface area contributed by atoms with E-state index in [0.29, 0.717) is 5.56 Å². The van der Waals surface area contributed by atoms with Crippen molar-refractivity contribution in [2.24, 2.45) is 7.05 Å². The minimum Gasteiger partial charge on any atom is -0.363 e. The van der Waals surface area contributed by atoms with E-state index < -0.39 is 0 Å². The Kier molecular flexibility index (Phi) is 3.33. The quantitative estimate of drug-likeness (QED) is 0.925. The zero-order chi connectivity index (χ0) is 16.1. The van der Waals surface area contributed by atoms with Gasteiger partial charge in [0.25, 0.3) is 5.91 Å². The Bertz CT molecular complexity index is 746.